The largest absolute Gasteiger partial charge is 0.387 e. The molecule has 0 aliphatic heterocycles. The Morgan fingerprint density at radius 2 is 1.84 bits per heavy atom. The highest BCUT2D eigenvalue weighted by Gasteiger charge is 2.10. The zero-order valence-electron chi connectivity index (χ0n) is 14.6. The highest BCUT2D eigenvalue weighted by molar-refractivity contribution is 6.30. The number of aliphatic hydroxyl groups is 1. The van der Waals surface area contributed by atoms with E-state index in [1.807, 2.05) is 24.3 Å². The van der Waals surface area contributed by atoms with Crippen molar-refractivity contribution in [2.45, 2.75) is 39.0 Å². The van der Waals surface area contributed by atoms with Gasteiger partial charge >= 0.3 is 0 Å². The van der Waals surface area contributed by atoms with Crippen LogP contribution in [0.3, 0.4) is 0 Å². The van der Waals surface area contributed by atoms with Crippen LogP contribution in [0.1, 0.15) is 36.6 Å². The molecule has 0 fully saturated rings. The summed E-state index contributed by atoms with van der Waals surface area (Å²) >= 11 is 5.96. The lowest BCUT2D eigenvalue weighted by Gasteiger charge is -2.18. The molecule has 0 radical (unpaired) electrons. The summed E-state index contributed by atoms with van der Waals surface area (Å²) in [5.41, 5.74) is 3.11. The number of hydrogen-bond acceptors (Lipinski definition) is 3. The molecule has 5 heteroatoms. The third-order valence-electron chi connectivity index (χ3n) is 4.00. The first-order valence-corrected chi connectivity index (χ1v) is 8.81. The molecule has 1 unspecified atom stereocenters. The Morgan fingerprint density at radius 3 is 2.48 bits per heavy atom. The molecule has 0 spiro atoms. The minimum Gasteiger partial charge on any atom is -0.387 e. The average molecular weight is 361 g/mol. The van der Waals surface area contributed by atoms with Crippen molar-refractivity contribution in [2.75, 3.05) is 6.54 Å². The van der Waals surface area contributed by atoms with Crippen molar-refractivity contribution in [1.82, 2.24) is 10.6 Å². The fourth-order valence-corrected chi connectivity index (χ4v) is 2.79. The zero-order valence-corrected chi connectivity index (χ0v) is 15.4. The Balaban J connectivity index is 1.79. The highest BCUT2D eigenvalue weighted by atomic mass is 35.5. The van der Waals surface area contributed by atoms with Gasteiger partial charge < -0.3 is 15.7 Å². The lowest BCUT2D eigenvalue weighted by atomic mass is 10.0. The predicted octanol–water partition coefficient (Wildman–Crippen LogP) is 3.23. The van der Waals surface area contributed by atoms with Gasteiger partial charge in [0, 0.05) is 31.1 Å². The van der Waals surface area contributed by atoms with E-state index in [9.17, 15) is 9.90 Å². The smallest absolute Gasteiger partial charge is 0.217 e. The summed E-state index contributed by atoms with van der Waals surface area (Å²) in [5.74, 6) is -0.0276. The molecule has 0 saturated carbocycles. The molecule has 2 atom stereocenters. The maximum absolute atomic E-state index is 10.9. The van der Waals surface area contributed by atoms with Gasteiger partial charge in [0.15, 0.2) is 0 Å². The predicted molar refractivity (Wildman–Crippen MR) is 102 cm³/mol. The molecular formula is C20H25ClN2O2. The van der Waals surface area contributed by atoms with E-state index in [1.165, 1.54) is 12.5 Å². The van der Waals surface area contributed by atoms with Crippen molar-refractivity contribution in [3.63, 3.8) is 0 Å². The van der Waals surface area contributed by atoms with Crippen molar-refractivity contribution in [3.8, 4) is 0 Å². The second kappa shape index (κ2) is 9.56. The maximum atomic E-state index is 10.9. The monoisotopic (exact) mass is 360 g/mol. The minimum absolute atomic E-state index is 0.0276. The summed E-state index contributed by atoms with van der Waals surface area (Å²) in [5, 5.41) is 17.0. The Labute approximate surface area is 154 Å². The molecule has 25 heavy (non-hydrogen) atoms. The average Bonchev–Trinajstić information content (AvgIpc) is 2.59. The molecule has 0 saturated heterocycles. The number of carbonyl (C=O) groups excluding carboxylic acids is 1. The second-order valence-corrected chi connectivity index (χ2v) is 6.75. The second-order valence-electron chi connectivity index (χ2n) is 6.31. The van der Waals surface area contributed by atoms with Crippen molar-refractivity contribution in [3.05, 3.63) is 70.2 Å². The molecule has 2 aromatic rings. The molecular weight excluding hydrogens is 336 g/mol. The molecule has 2 aromatic carbocycles. The van der Waals surface area contributed by atoms with Gasteiger partial charge in [-0.25, -0.2) is 0 Å². The standard InChI is InChI=1S/C20H25ClN2O2/c1-14(22-13-20(25)18-4-3-5-19(21)11-18)10-16-6-8-17(9-7-16)12-23-15(2)24/h3-9,11,14,20,22,25H,10,12-13H2,1-2H3,(H,23,24)/t14?,20-/m0/s1. The molecule has 2 rings (SSSR count). The van der Waals surface area contributed by atoms with E-state index in [4.69, 9.17) is 11.6 Å². The minimum atomic E-state index is -0.582. The number of nitrogens with one attached hydrogen (secondary N) is 2. The van der Waals surface area contributed by atoms with Gasteiger partial charge in [0.25, 0.3) is 0 Å². The van der Waals surface area contributed by atoms with Gasteiger partial charge in [-0.1, -0.05) is 48.0 Å². The quantitative estimate of drug-likeness (QED) is 0.677. The fraction of sp³-hybridized carbons (Fsp3) is 0.350. The summed E-state index contributed by atoms with van der Waals surface area (Å²) in [6.45, 7) is 4.63. The Bertz CT molecular complexity index is 688. The topological polar surface area (TPSA) is 61.4 Å². The third kappa shape index (κ3) is 6.86. The number of rotatable bonds is 8. The van der Waals surface area contributed by atoms with Crippen LogP contribution < -0.4 is 10.6 Å². The van der Waals surface area contributed by atoms with E-state index in [1.54, 1.807) is 12.1 Å². The number of benzene rings is 2. The molecule has 1 amide bonds. The van der Waals surface area contributed by atoms with Crippen LogP contribution in [0.25, 0.3) is 0 Å². The molecule has 0 heterocycles. The molecule has 4 nitrogen and oxygen atoms in total. The van der Waals surface area contributed by atoms with Crippen LogP contribution in [0.15, 0.2) is 48.5 Å². The van der Waals surface area contributed by atoms with Crippen LogP contribution in [0.4, 0.5) is 0 Å². The van der Waals surface area contributed by atoms with E-state index in [0.717, 1.165) is 17.5 Å². The summed E-state index contributed by atoms with van der Waals surface area (Å²) in [7, 11) is 0. The van der Waals surface area contributed by atoms with E-state index >= 15 is 0 Å². The van der Waals surface area contributed by atoms with Crippen LogP contribution in [0, 0.1) is 0 Å². The summed E-state index contributed by atoms with van der Waals surface area (Å²) < 4.78 is 0. The number of aliphatic hydroxyl groups excluding tert-OH is 1. The van der Waals surface area contributed by atoms with Gasteiger partial charge in [0.2, 0.25) is 5.91 Å². The first-order chi connectivity index (χ1) is 11.9. The van der Waals surface area contributed by atoms with Crippen molar-refractivity contribution < 1.29 is 9.90 Å². The third-order valence-corrected chi connectivity index (χ3v) is 4.23. The highest BCUT2D eigenvalue weighted by Crippen LogP contribution is 2.17. The van der Waals surface area contributed by atoms with E-state index in [-0.39, 0.29) is 11.9 Å². The van der Waals surface area contributed by atoms with Crippen LogP contribution in [-0.4, -0.2) is 23.6 Å². The van der Waals surface area contributed by atoms with Crippen LogP contribution in [0.5, 0.6) is 0 Å². The fourth-order valence-electron chi connectivity index (χ4n) is 2.59. The lowest BCUT2D eigenvalue weighted by molar-refractivity contribution is -0.119. The Morgan fingerprint density at radius 1 is 1.16 bits per heavy atom. The van der Waals surface area contributed by atoms with Crippen molar-refractivity contribution in [1.29, 1.82) is 0 Å². The zero-order chi connectivity index (χ0) is 18.2. The molecule has 0 aliphatic carbocycles. The number of hydrogen-bond donors (Lipinski definition) is 3. The van der Waals surface area contributed by atoms with Gasteiger partial charge in [-0.15, -0.1) is 0 Å². The first-order valence-electron chi connectivity index (χ1n) is 8.43. The van der Waals surface area contributed by atoms with E-state index in [2.05, 4.69) is 29.7 Å². The van der Waals surface area contributed by atoms with Gasteiger partial charge in [-0.2, -0.15) is 0 Å². The molecule has 0 bridgehead atoms. The normalized spacial score (nSPS) is 13.3. The number of carbonyl (C=O) groups is 1. The van der Waals surface area contributed by atoms with Gasteiger partial charge in [0.05, 0.1) is 6.10 Å². The van der Waals surface area contributed by atoms with Crippen LogP contribution in [-0.2, 0) is 17.8 Å². The van der Waals surface area contributed by atoms with Crippen LogP contribution in [0.2, 0.25) is 5.02 Å². The number of halogens is 1. The van der Waals surface area contributed by atoms with E-state index in [0.29, 0.717) is 18.1 Å². The maximum Gasteiger partial charge on any atom is 0.217 e. The van der Waals surface area contributed by atoms with Gasteiger partial charge in [-0.05, 0) is 42.2 Å². The Kier molecular flexibility index (Phi) is 7.44. The molecule has 0 aromatic heterocycles. The summed E-state index contributed by atoms with van der Waals surface area (Å²) in [6, 6.07) is 15.7. The Hall–Kier alpha value is -1.88. The molecule has 134 valence electrons. The number of amides is 1. The lowest BCUT2D eigenvalue weighted by Crippen LogP contribution is -2.32. The van der Waals surface area contributed by atoms with Crippen molar-refractivity contribution >= 4 is 17.5 Å². The van der Waals surface area contributed by atoms with Gasteiger partial charge in [-0.3, -0.25) is 4.79 Å². The SMILES string of the molecule is CC(=O)NCc1ccc(CC(C)NC[C@H](O)c2cccc(Cl)c2)cc1. The molecule has 3 N–H and O–H groups in total. The summed E-state index contributed by atoms with van der Waals surface area (Å²) in [4.78, 5) is 10.9. The molecule has 0 aliphatic rings. The summed E-state index contributed by atoms with van der Waals surface area (Å²) in [6.07, 6.45) is 0.282. The first kappa shape index (κ1) is 19.4. The van der Waals surface area contributed by atoms with Crippen molar-refractivity contribution in [2.24, 2.45) is 0 Å². The van der Waals surface area contributed by atoms with E-state index < -0.39 is 6.10 Å². The van der Waals surface area contributed by atoms with Gasteiger partial charge in [0.1, 0.15) is 0 Å². The van der Waals surface area contributed by atoms with Crippen LogP contribution >= 0.6 is 11.6 Å².